The van der Waals surface area contributed by atoms with E-state index in [1.807, 2.05) is 18.2 Å². The lowest BCUT2D eigenvalue weighted by atomic mass is 10.2. The van der Waals surface area contributed by atoms with E-state index in [0.29, 0.717) is 18.0 Å². The highest BCUT2D eigenvalue weighted by Gasteiger charge is 2.26. The summed E-state index contributed by atoms with van der Waals surface area (Å²) in [5, 5.41) is 7.74. The van der Waals surface area contributed by atoms with Crippen molar-refractivity contribution >= 4 is 23.2 Å². The molecule has 1 aromatic carbocycles. The fourth-order valence-corrected chi connectivity index (χ4v) is 3.04. The Morgan fingerprint density at radius 2 is 2.38 bits per heavy atom. The summed E-state index contributed by atoms with van der Waals surface area (Å²) in [6.07, 6.45) is 4.35. The molecule has 1 aliphatic rings. The van der Waals surface area contributed by atoms with E-state index in [2.05, 4.69) is 20.3 Å². The molecule has 0 bridgehead atoms. The SMILES string of the molecule is COc1ccc(Cl)cc1N1CCC(NC(=O)CCn2cncn2)C1. The summed E-state index contributed by atoms with van der Waals surface area (Å²) in [5.41, 5.74) is 0.962. The molecule has 0 aliphatic carbocycles. The van der Waals surface area contributed by atoms with Gasteiger partial charge in [0, 0.05) is 30.6 Å². The van der Waals surface area contributed by atoms with Crippen LogP contribution < -0.4 is 15.0 Å². The summed E-state index contributed by atoms with van der Waals surface area (Å²) in [7, 11) is 1.65. The van der Waals surface area contributed by atoms with E-state index < -0.39 is 0 Å². The van der Waals surface area contributed by atoms with Gasteiger partial charge in [-0.3, -0.25) is 9.48 Å². The maximum absolute atomic E-state index is 12.1. The number of ether oxygens (including phenoxy) is 1. The summed E-state index contributed by atoms with van der Waals surface area (Å²) in [4.78, 5) is 18.1. The number of benzene rings is 1. The Kier molecular flexibility index (Phi) is 5.20. The minimum Gasteiger partial charge on any atom is -0.495 e. The van der Waals surface area contributed by atoms with Crippen LogP contribution in [0.3, 0.4) is 0 Å². The van der Waals surface area contributed by atoms with Gasteiger partial charge in [0.05, 0.1) is 19.3 Å². The summed E-state index contributed by atoms with van der Waals surface area (Å²) in [6.45, 7) is 2.13. The Labute approximate surface area is 145 Å². The maximum atomic E-state index is 12.1. The molecule has 7 nitrogen and oxygen atoms in total. The number of nitrogens with zero attached hydrogens (tertiary/aromatic N) is 4. The van der Waals surface area contributed by atoms with Crippen molar-refractivity contribution in [1.29, 1.82) is 0 Å². The average molecular weight is 350 g/mol. The van der Waals surface area contributed by atoms with E-state index in [0.717, 1.165) is 30.9 Å². The first-order valence-electron chi connectivity index (χ1n) is 7.86. The predicted octanol–water partition coefficient (Wildman–Crippen LogP) is 1.73. The monoisotopic (exact) mass is 349 g/mol. The largest absolute Gasteiger partial charge is 0.495 e. The van der Waals surface area contributed by atoms with Gasteiger partial charge in [0.1, 0.15) is 18.4 Å². The first kappa shape index (κ1) is 16.6. The molecule has 2 heterocycles. The number of carbonyl (C=O) groups is 1. The molecule has 1 aliphatic heterocycles. The molecule has 128 valence electrons. The van der Waals surface area contributed by atoms with Crippen molar-refractivity contribution in [3.05, 3.63) is 35.9 Å². The normalized spacial score (nSPS) is 17.1. The second-order valence-electron chi connectivity index (χ2n) is 5.72. The molecular weight excluding hydrogens is 330 g/mol. The summed E-state index contributed by atoms with van der Waals surface area (Å²) < 4.78 is 7.06. The lowest BCUT2D eigenvalue weighted by Gasteiger charge is -2.21. The highest BCUT2D eigenvalue weighted by atomic mass is 35.5. The average Bonchev–Trinajstić information content (AvgIpc) is 3.24. The molecule has 1 amide bonds. The van der Waals surface area contributed by atoms with Gasteiger partial charge in [0.15, 0.2) is 0 Å². The van der Waals surface area contributed by atoms with Crippen LogP contribution >= 0.6 is 11.6 Å². The minimum absolute atomic E-state index is 0.0235. The molecule has 1 N–H and O–H groups in total. The van der Waals surface area contributed by atoms with Gasteiger partial charge in [-0.25, -0.2) is 4.98 Å². The van der Waals surface area contributed by atoms with E-state index >= 15 is 0 Å². The van der Waals surface area contributed by atoms with Crippen molar-refractivity contribution in [2.24, 2.45) is 0 Å². The van der Waals surface area contributed by atoms with Crippen molar-refractivity contribution in [3.8, 4) is 5.75 Å². The molecule has 3 rings (SSSR count). The quantitative estimate of drug-likeness (QED) is 0.859. The van der Waals surface area contributed by atoms with Gasteiger partial charge in [0.25, 0.3) is 0 Å². The van der Waals surface area contributed by atoms with Crippen LogP contribution in [0.1, 0.15) is 12.8 Å². The van der Waals surface area contributed by atoms with Gasteiger partial charge in [-0.1, -0.05) is 11.6 Å². The Bertz CT molecular complexity index is 692. The number of hydrogen-bond acceptors (Lipinski definition) is 5. The smallest absolute Gasteiger partial charge is 0.222 e. The molecule has 8 heteroatoms. The van der Waals surface area contributed by atoms with E-state index in [4.69, 9.17) is 16.3 Å². The first-order valence-corrected chi connectivity index (χ1v) is 8.24. The molecule has 1 atom stereocenters. The van der Waals surface area contributed by atoms with Crippen molar-refractivity contribution in [2.45, 2.75) is 25.4 Å². The molecule has 1 unspecified atom stereocenters. The van der Waals surface area contributed by atoms with Crippen molar-refractivity contribution in [3.63, 3.8) is 0 Å². The molecular formula is C16H20ClN5O2. The van der Waals surface area contributed by atoms with Gasteiger partial charge >= 0.3 is 0 Å². The Morgan fingerprint density at radius 1 is 1.50 bits per heavy atom. The van der Waals surface area contributed by atoms with E-state index in [1.165, 1.54) is 6.33 Å². The van der Waals surface area contributed by atoms with E-state index in [-0.39, 0.29) is 11.9 Å². The molecule has 0 saturated carbocycles. The second-order valence-corrected chi connectivity index (χ2v) is 6.16. The zero-order valence-electron chi connectivity index (χ0n) is 13.5. The molecule has 0 spiro atoms. The number of nitrogens with one attached hydrogen (secondary N) is 1. The van der Waals surface area contributed by atoms with Crippen LogP contribution in [0, 0.1) is 0 Å². The summed E-state index contributed by atoms with van der Waals surface area (Å²) in [6, 6.07) is 5.69. The van der Waals surface area contributed by atoms with Gasteiger partial charge in [0.2, 0.25) is 5.91 Å². The first-order chi connectivity index (χ1) is 11.7. The van der Waals surface area contributed by atoms with Crippen molar-refractivity contribution in [2.75, 3.05) is 25.1 Å². The van der Waals surface area contributed by atoms with Crippen molar-refractivity contribution < 1.29 is 9.53 Å². The predicted molar refractivity (Wildman–Crippen MR) is 91.4 cm³/mol. The fourth-order valence-electron chi connectivity index (χ4n) is 2.87. The lowest BCUT2D eigenvalue weighted by Crippen LogP contribution is -2.37. The van der Waals surface area contributed by atoms with Gasteiger partial charge in [-0.15, -0.1) is 0 Å². The number of rotatable bonds is 6. The number of methoxy groups -OCH3 is 1. The minimum atomic E-state index is 0.0235. The fraction of sp³-hybridized carbons (Fsp3) is 0.438. The van der Waals surface area contributed by atoms with Crippen LogP contribution in [-0.2, 0) is 11.3 Å². The van der Waals surface area contributed by atoms with Crippen LogP contribution in [-0.4, -0.2) is 46.9 Å². The van der Waals surface area contributed by atoms with Crippen LogP contribution in [0.4, 0.5) is 5.69 Å². The molecule has 24 heavy (non-hydrogen) atoms. The molecule has 1 aromatic heterocycles. The number of halogens is 1. The summed E-state index contributed by atoms with van der Waals surface area (Å²) >= 11 is 6.10. The zero-order chi connectivity index (χ0) is 16.9. The number of aromatic nitrogens is 3. The van der Waals surface area contributed by atoms with Crippen LogP contribution in [0.2, 0.25) is 5.02 Å². The van der Waals surface area contributed by atoms with Gasteiger partial charge in [-0.2, -0.15) is 5.10 Å². The highest BCUT2D eigenvalue weighted by Crippen LogP contribution is 2.33. The topological polar surface area (TPSA) is 72.3 Å². The molecule has 0 radical (unpaired) electrons. The molecule has 1 saturated heterocycles. The Morgan fingerprint density at radius 3 is 3.12 bits per heavy atom. The third-order valence-electron chi connectivity index (χ3n) is 4.07. The standard InChI is InChI=1S/C16H20ClN5O2/c1-24-15-3-2-12(17)8-14(15)21-6-4-13(9-21)20-16(23)5-7-22-11-18-10-19-22/h2-3,8,10-11,13H,4-7,9H2,1H3,(H,20,23). The van der Waals surface area contributed by atoms with Gasteiger partial charge < -0.3 is 15.0 Å². The summed E-state index contributed by atoms with van der Waals surface area (Å²) in [5.74, 6) is 0.813. The zero-order valence-corrected chi connectivity index (χ0v) is 14.2. The maximum Gasteiger partial charge on any atom is 0.222 e. The Hall–Kier alpha value is -2.28. The number of anilines is 1. The van der Waals surface area contributed by atoms with Gasteiger partial charge in [-0.05, 0) is 24.6 Å². The number of hydrogen-bond donors (Lipinski definition) is 1. The van der Waals surface area contributed by atoms with Crippen LogP contribution in [0.5, 0.6) is 5.75 Å². The number of amides is 1. The van der Waals surface area contributed by atoms with Crippen LogP contribution in [0.25, 0.3) is 0 Å². The van der Waals surface area contributed by atoms with Crippen molar-refractivity contribution in [1.82, 2.24) is 20.1 Å². The lowest BCUT2D eigenvalue weighted by molar-refractivity contribution is -0.121. The third-order valence-corrected chi connectivity index (χ3v) is 4.30. The number of carbonyl (C=O) groups excluding carboxylic acids is 1. The Balaban J connectivity index is 1.53. The highest BCUT2D eigenvalue weighted by molar-refractivity contribution is 6.30. The van der Waals surface area contributed by atoms with Crippen LogP contribution in [0.15, 0.2) is 30.9 Å². The number of aryl methyl sites for hydroxylation is 1. The molecule has 1 fully saturated rings. The third kappa shape index (κ3) is 3.97. The molecule has 2 aromatic rings. The van der Waals surface area contributed by atoms with E-state index in [1.54, 1.807) is 18.1 Å². The second kappa shape index (κ2) is 7.53. The van der Waals surface area contributed by atoms with E-state index in [9.17, 15) is 4.79 Å².